The van der Waals surface area contributed by atoms with Crippen LogP contribution in [0.1, 0.15) is 25.3 Å². The molecule has 2 heteroatoms. The quantitative estimate of drug-likeness (QED) is 0.730. The number of aromatic amines is 1. The zero-order chi connectivity index (χ0) is 10.6. The maximum Gasteiger partial charge on any atom is 0.0454 e. The van der Waals surface area contributed by atoms with Crippen LogP contribution in [0.2, 0.25) is 0 Å². The van der Waals surface area contributed by atoms with Crippen LogP contribution in [0.5, 0.6) is 0 Å². The molecule has 1 fully saturated rings. The van der Waals surface area contributed by atoms with Gasteiger partial charge in [0.25, 0.3) is 0 Å². The Kier molecular flexibility index (Phi) is 1.58. The fourth-order valence-electron chi connectivity index (χ4n) is 2.58. The van der Waals surface area contributed by atoms with Crippen LogP contribution >= 0.6 is 0 Å². The molecule has 78 valence electrons. The molecular weight excluding hydrogens is 184 g/mol. The summed E-state index contributed by atoms with van der Waals surface area (Å²) in [6, 6.07) is 9.02. The number of H-pyrrole nitrogens is 1. The maximum absolute atomic E-state index is 6.09. The molecule has 2 atom stereocenters. The SMILES string of the molecule is CC1(C)[C@@H](N)[C@@H]1c1ccc2[nH]ccc2c1. The average molecular weight is 200 g/mol. The van der Waals surface area contributed by atoms with Crippen molar-refractivity contribution in [3.63, 3.8) is 0 Å². The summed E-state index contributed by atoms with van der Waals surface area (Å²) < 4.78 is 0. The number of fused-ring (bicyclic) bond motifs is 1. The van der Waals surface area contributed by atoms with E-state index in [0.717, 1.165) is 0 Å². The minimum absolute atomic E-state index is 0.268. The fourth-order valence-corrected chi connectivity index (χ4v) is 2.58. The van der Waals surface area contributed by atoms with E-state index in [1.165, 1.54) is 16.5 Å². The molecule has 1 saturated carbocycles. The maximum atomic E-state index is 6.09. The van der Waals surface area contributed by atoms with Crippen molar-refractivity contribution in [3.8, 4) is 0 Å². The molecule has 0 amide bonds. The second-order valence-electron chi connectivity index (χ2n) is 5.15. The summed E-state index contributed by atoms with van der Waals surface area (Å²) in [5, 5.41) is 1.28. The predicted octanol–water partition coefficient (Wildman–Crippen LogP) is 2.62. The second kappa shape index (κ2) is 2.64. The van der Waals surface area contributed by atoms with Crippen molar-refractivity contribution in [2.75, 3.05) is 0 Å². The molecule has 0 bridgehead atoms. The molecule has 1 aliphatic carbocycles. The third-order valence-electron chi connectivity index (χ3n) is 3.85. The topological polar surface area (TPSA) is 41.8 Å². The Labute approximate surface area is 89.5 Å². The fraction of sp³-hybridized carbons (Fsp3) is 0.385. The Balaban J connectivity index is 2.06. The number of hydrogen-bond acceptors (Lipinski definition) is 1. The minimum Gasteiger partial charge on any atom is -0.361 e. The lowest BCUT2D eigenvalue weighted by molar-refractivity contribution is 0.599. The number of rotatable bonds is 1. The molecule has 1 aromatic heterocycles. The first-order chi connectivity index (χ1) is 7.10. The molecule has 0 spiro atoms. The first-order valence-electron chi connectivity index (χ1n) is 5.43. The van der Waals surface area contributed by atoms with Gasteiger partial charge in [0.05, 0.1) is 0 Å². The van der Waals surface area contributed by atoms with Crippen LogP contribution in [0.3, 0.4) is 0 Å². The summed E-state index contributed by atoms with van der Waals surface area (Å²) in [6.07, 6.45) is 1.98. The first-order valence-corrected chi connectivity index (χ1v) is 5.43. The largest absolute Gasteiger partial charge is 0.361 e. The molecule has 1 aromatic carbocycles. The van der Waals surface area contributed by atoms with E-state index in [1.54, 1.807) is 0 Å². The van der Waals surface area contributed by atoms with E-state index < -0.39 is 0 Å². The summed E-state index contributed by atoms with van der Waals surface area (Å²) in [6.45, 7) is 4.48. The number of aromatic nitrogens is 1. The molecule has 0 aliphatic heterocycles. The summed E-state index contributed by atoms with van der Waals surface area (Å²) >= 11 is 0. The zero-order valence-electron chi connectivity index (χ0n) is 9.12. The van der Waals surface area contributed by atoms with Gasteiger partial charge < -0.3 is 10.7 Å². The smallest absolute Gasteiger partial charge is 0.0454 e. The van der Waals surface area contributed by atoms with Crippen LogP contribution in [-0.4, -0.2) is 11.0 Å². The van der Waals surface area contributed by atoms with Crippen LogP contribution in [0.25, 0.3) is 10.9 Å². The van der Waals surface area contributed by atoms with Crippen molar-refractivity contribution in [2.45, 2.75) is 25.8 Å². The third-order valence-corrected chi connectivity index (χ3v) is 3.85. The first kappa shape index (κ1) is 8.98. The predicted molar refractivity (Wildman–Crippen MR) is 62.8 cm³/mol. The second-order valence-corrected chi connectivity index (χ2v) is 5.15. The van der Waals surface area contributed by atoms with Gasteiger partial charge in [0, 0.05) is 23.7 Å². The lowest BCUT2D eigenvalue weighted by atomic mass is 10.0. The molecule has 0 radical (unpaired) electrons. The van der Waals surface area contributed by atoms with Gasteiger partial charge in [-0.25, -0.2) is 0 Å². The van der Waals surface area contributed by atoms with Crippen molar-refractivity contribution in [2.24, 2.45) is 11.1 Å². The Bertz CT molecular complexity index is 510. The van der Waals surface area contributed by atoms with Gasteiger partial charge in [-0.3, -0.25) is 0 Å². The monoisotopic (exact) mass is 200 g/mol. The van der Waals surface area contributed by atoms with Gasteiger partial charge in [0.15, 0.2) is 0 Å². The van der Waals surface area contributed by atoms with Gasteiger partial charge in [-0.05, 0) is 34.6 Å². The van der Waals surface area contributed by atoms with Crippen molar-refractivity contribution >= 4 is 10.9 Å². The highest BCUT2D eigenvalue weighted by Crippen LogP contribution is 2.57. The average Bonchev–Trinajstić information content (AvgIpc) is 2.62. The van der Waals surface area contributed by atoms with E-state index in [0.29, 0.717) is 12.0 Å². The number of hydrogen-bond donors (Lipinski definition) is 2. The highest BCUT2D eigenvalue weighted by atomic mass is 14.8. The molecule has 2 nitrogen and oxygen atoms in total. The highest BCUT2D eigenvalue weighted by Gasteiger charge is 2.56. The molecule has 3 rings (SSSR count). The molecular formula is C13H16N2. The summed E-state index contributed by atoms with van der Waals surface area (Å²) in [7, 11) is 0. The minimum atomic E-state index is 0.268. The van der Waals surface area contributed by atoms with Gasteiger partial charge >= 0.3 is 0 Å². The van der Waals surface area contributed by atoms with Crippen molar-refractivity contribution in [1.29, 1.82) is 0 Å². The van der Waals surface area contributed by atoms with Crippen LogP contribution in [-0.2, 0) is 0 Å². The van der Waals surface area contributed by atoms with Crippen molar-refractivity contribution in [3.05, 3.63) is 36.0 Å². The van der Waals surface area contributed by atoms with E-state index in [4.69, 9.17) is 5.73 Å². The summed E-state index contributed by atoms with van der Waals surface area (Å²) in [5.74, 6) is 0.525. The number of nitrogens with one attached hydrogen (secondary N) is 1. The van der Waals surface area contributed by atoms with Crippen LogP contribution in [0.4, 0.5) is 0 Å². The van der Waals surface area contributed by atoms with Gasteiger partial charge in [0.2, 0.25) is 0 Å². The van der Waals surface area contributed by atoms with Crippen LogP contribution < -0.4 is 5.73 Å². The van der Waals surface area contributed by atoms with Gasteiger partial charge in [0.1, 0.15) is 0 Å². The van der Waals surface area contributed by atoms with E-state index in [-0.39, 0.29) is 5.41 Å². The van der Waals surface area contributed by atoms with Crippen LogP contribution in [0.15, 0.2) is 30.5 Å². The lowest BCUT2D eigenvalue weighted by Crippen LogP contribution is -2.06. The Morgan fingerprint density at radius 3 is 2.67 bits per heavy atom. The van der Waals surface area contributed by atoms with Gasteiger partial charge in [-0.15, -0.1) is 0 Å². The lowest BCUT2D eigenvalue weighted by Gasteiger charge is -2.02. The highest BCUT2D eigenvalue weighted by molar-refractivity contribution is 5.80. The standard InChI is InChI=1S/C13H16N2/c1-13(2)11(12(13)14)9-3-4-10-8(7-9)5-6-15-10/h3-7,11-12,15H,14H2,1-2H3/t11-,12-/m0/s1. The molecule has 0 unspecified atom stereocenters. The molecule has 2 aromatic rings. The number of nitrogens with two attached hydrogens (primary N) is 1. The van der Waals surface area contributed by atoms with E-state index >= 15 is 0 Å². The van der Waals surface area contributed by atoms with Gasteiger partial charge in [-0.2, -0.15) is 0 Å². The van der Waals surface area contributed by atoms with E-state index in [9.17, 15) is 0 Å². The normalized spacial score (nSPS) is 28.2. The van der Waals surface area contributed by atoms with Crippen molar-refractivity contribution < 1.29 is 0 Å². The number of benzene rings is 1. The molecule has 0 saturated heterocycles. The molecule has 3 N–H and O–H groups in total. The Morgan fingerprint density at radius 1 is 1.27 bits per heavy atom. The van der Waals surface area contributed by atoms with E-state index in [2.05, 4.69) is 43.1 Å². The van der Waals surface area contributed by atoms with Crippen LogP contribution in [0, 0.1) is 5.41 Å². The Hall–Kier alpha value is -1.28. The summed E-state index contributed by atoms with van der Waals surface area (Å²) in [5.41, 5.74) is 8.93. The summed E-state index contributed by atoms with van der Waals surface area (Å²) in [4.78, 5) is 3.21. The molecule has 15 heavy (non-hydrogen) atoms. The molecule has 1 heterocycles. The van der Waals surface area contributed by atoms with E-state index in [1.807, 2.05) is 6.20 Å². The van der Waals surface area contributed by atoms with Gasteiger partial charge in [-0.1, -0.05) is 19.9 Å². The third kappa shape index (κ3) is 1.15. The Morgan fingerprint density at radius 2 is 2.00 bits per heavy atom. The molecule has 1 aliphatic rings. The zero-order valence-corrected chi connectivity index (χ0v) is 9.12. The van der Waals surface area contributed by atoms with Crippen molar-refractivity contribution in [1.82, 2.24) is 4.98 Å².